The van der Waals surface area contributed by atoms with Gasteiger partial charge in [0.15, 0.2) is 5.78 Å². The first-order valence-electron chi connectivity index (χ1n) is 4.68. The summed E-state index contributed by atoms with van der Waals surface area (Å²) in [6.45, 7) is 0. The molecule has 0 heterocycles. The first-order chi connectivity index (χ1) is 6.77. The molecule has 2 heteroatoms. The second-order valence-corrected chi connectivity index (χ2v) is 4.68. The predicted molar refractivity (Wildman–Crippen MR) is 61.3 cm³/mol. The van der Waals surface area contributed by atoms with Gasteiger partial charge in [-0.15, -0.1) is 0 Å². The fourth-order valence-corrected chi connectivity index (χ4v) is 1.99. The highest BCUT2D eigenvalue weighted by Crippen LogP contribution is 2.38. The second-order valence-electron chi connectivity index (χ2n) is 3.50. The molecule has 1 nitrogen and oxygen atoms in total. The third-order valence-corrected chi connectivity index (χ3v) is 3.33. The van der Waals surface area contributed by atoms with Crippen LogP contribution < -0.4 is 0 Å². The SMILES string of the molecule is O=C(/C=C\c1ccccc1)[C@@H]1C[C@@H]1Br. The lowest BCUT2D eigenvalue weighted by atomic mass is 10.1. The Bertz CT molecular complexity index is 356. The van der Waals surface area contributed by atoms with Gasteiger partial charge in [-0.3, -0.25) is 4.79 Å². The summed E-state index contributed by atoms with van der Waals surface area (Å²) in [7, 11) is 0. The number of allylic oxidation sites excluding steroid dienone is 1. The molecule has 0 bridgehead atoms. The maximum atomic E-state index is 11.5. The van der Waals surface area contributed by atoms with E-state index in [0.717, 1.165) is 12.0 Å². The number of halogens is 1. The summed E-state index contributed by atoms with van der Waals surface area (Å²) < 4.78 is 0. The minimum Gasteiger partial charge on any atom is -0.295 e. The van der Waals surface area contributed by atoms with E-state index in [2.05, 4.69) is 15.9 Å². The molecule has 2 rings (SSSR count). The highest BCUT2D eigenvalue weighted by Gasteiger charge is 2.39. The Labute approximate surface area is 92.0 Å². The first-order valence-corrected chi connectivity index (χ1v) is 5.60. The number of hydrogen-bond acceptors (Lipinski definition) is 1. The van der Waals surface area contributed by atoms with Crippen LogP contribution in [0.15, 0.2) is 36.4 Å². The Kier molecular flexibility index (Phi) is 2.82. The minimum atomic E-state index is 0.218. The molecule has 72 valence electrons. The summed E-state index contributed by atoms with van der Waals surface area (Å²) in [5, 5.41) is 0. The molecule has 2 atom stereocenters. The van der Waals surface area contributed by atoms with Gasteiger partial charge in [-0.1, -0.05) is 52.3 Å². The Balaban J connectivity index is 1.97. The fourth-order valence-electron chi connectivity index (χ4n) is 1.32. The lowest BCUT2D eigenvalue weighted by molar-refractivity contribution is -0.115. The number of hydrogen-bond donors (Lipinski definition) is 0. The van der Waals surface area contributed by atoms with Crippen LogP contribution in [-0.2, 0) is 4.79 Å². The van der Waals surface area contributed by atoms with Gasteiger partial charge in [-0.25, -0.2) is 0 Å². The van der Waals surface area contributed by atoms with Gasteiger partial charge in [0, 0.05) is 10.7 Å². The van der Waals surface area contributed by atoms with Gasteiger partial charge < -0.3 is 0 Å². The van der Waals surface area contributed by atoms with Crippen LogP contribution in [0, 0.1) is 5.92 Å². The first kappa shape index (κ1) is 9.66. The Morgan fingerprint density at radius 3 is 2.57 bits per heavy atom. The molecule has 0 aliphatic heterocycles. The van der Waals surface area contributed by atoms with Crippen molar-refractivity contribution < 1.29 is 4.79 Å². The highest BCUT2D eigenvalue weighted by atomic mass is 79.9. The number of benzene rings is 1. The maximum Gasteiger partial charge on any atom is 0.159 e. The molecule has 0 radical (unpaired) electrons. The van der Waals surface area contributed by atoms with E-state index in [0.29, 0.717) is 4.83 Å². The van der Waals surface area contributed by atoms with Crippen molar-refractivity contribution in [2.45, 2.75) is 11.2 Å². The summed E-state index contributed by atoms with van der Waals surface area (Å²) in [6, 6.07) is 9.88. The van der Waals surface area contributed by atoms with Crippen LogP contribution in [0.2, 0.25) is 0 Å². The van der Waals surface area contributed by atoms with Crippen molar-refractivity contribution >= 4 is 27.8 Å². The molecule has 1 aromatic carbocycles. The second kappa shape index (κ2) is 4.09. The van der Waals surface area contributed by atoms with Crippen LogP contribution in [0.3, 0.4) is 0 Å². The molecule has 14 heavy (non-hydrogen) atoms. The van der Waals surface area contributed by atoms with Crippen molar-refractivity contribution in [1.29, 1.82) is 0 Å². The van der Waals surface area contributed by atoms with Crippen LogP contribution >= 0.6 is 15.9 Å². The van der Waals surface area contributed by atoms with Crippen molar-refractivity contribution in [3.63, 3.8) is 0 Å². The smallest absolute Gasteiger partial charge is 0.159 e. The molecule has 1 aromatic rings. The van der Waals surface area contributed by atoms with Crippen molar-refractivity contribution in [2.75, 3.05) is 0 Å². The average molecular weight is 251 g/mol. The fraction of sp³-hybridized carbons (Fsp3) is 0.250. The third-order valence-electron chi connectivity index (χ3n) is 2.32. The normalized spacial score (nSPS) is 25.2. The van der Waals surface area contributed by atoms with Crippen LogP contribution in [-0.4, -0.2) is 10.6 Å². The van der Waals surface area contributed by atoms with Gasteiger partial charge in [0.1, 0.15) is 0 Å². The van der Waals surface area contributed by atoms with E-state index >= 15 is 0 Å². The molecule has 0 saturated heterocycles. The summed E-state index contributed by atoms with van der Waals surface area (Å²) in [4.78, 5) is 11.9. The molecular formula is C12H11BrO. The predicted octanol–water partition coefficient (Wildman–Crippen LogP) is 3.05. The van der Waals surface area contributed by atoms with Crippen LogP contribution in [0.5, 0.6) is 0 Å². The highest BCUT2D eigenvalue weighted by molar-refractivity contribution is 9.09. The summed E-state index contributed by atoms with van der Waals surface area (Å²) in [5.41, 5.74) is 1.08. The number of carbonyl (C=O) groups excluding carboxylic acids is 1. The van der Waals surface area contributed by atoms with Crippen LogP contribution in [0.4, 0.5) is 0 Å². The van der Waals surface area contributed by atoms with Gasteiger partial charge in [0.2, 0.25) is 0 Å². The Hall–Kier alpha value is -0.890. The van der Waals surface area contributed by atoms with Gasteiger partial charge in [0.05, 0.1) is 0 Å². The Morgan fingerprint density at radius 2 is 2.00 bits per heavy atom. The molecule has 0 spiro atoms. The van der Waals surface area contributed by atoms with E-state index in [9.17, 15) is 4.79 Å². The van der Waals surface area contributed by atoms with E-state index < -0.39 is 0 Å². The average Bonchev–Trinajstić information content (AvgIpc) is 2.94. The lowest BCUT2D eigenvalue weighted by Crippen LogP contribution is -1.96. The largest absolute Gasteiger partial charge is 0.295 e. The summed E-state index contributed by atoms with van der Waals surface area (Å²) in [6.07, 6.45) is 4.54. The zero-order valence-corrected chi connectivity index (χ0v) is 9.28. The van der Waals surface area contributed by atoms with Crippen molar-refractivity contribution in [3.05, 3.63) is 42.0 Å². The number of ketones is 1. The van der Waals surface area contributed by atoms with Crippen molar-refractivity contribution in [3.8, 4) is 0 Å². The lowest BCUT2D eigenvalue weighted by Gasteiger charge is -1.91. The minimum absolute atomic E-state index is 0.218. The topological polar surface area (TPSA) is 17.1 Å². The zero-order valence-electron chi connectivity index (χ0n) is 7.69. The number of alkyl halides is 1. The van der Waals surface area contributed by atoms with E-state index in [1.807, 2.05) is 36.4 Å². The van der Waals surface area contributed by atoms with Crippen LogP contribution in [0.1, 0.15) is 12.0 Å². The maximum absolute atomic E-state index is 11.5. The molecule has 1 fully saturated rings. The third kappa shape index (κ3) is 2.32. The van der Waals surface area contributed by atoms with Crippen molar-refractivity contribution in [2.24, 2.45) is 5.92 Å². The molecule has 1 saturated carbocycles. The van der Waals surface area contributed by atoms with E-state index in [4.69, 9.17) is 0 Å². The number of rotatable bonds is 3. The van der Waals surface area contributed by atoms with E-state index in [1.54, 1.807) is 6.08 Å². The molecule has 1 aliphatic carbocycles. The molecule has 1 aliphatic rings. The van der Waals surface area contributed by atoms with Gasteiger partial charge in [-0.2, -0.15) is 0 Å². The van der Waals surface area contributed by atoms with Gasteiger partial charge >= 0.3 is 0 Å². The molecule has 0 unspecified atom stereocenters. The molecule has 0 N–H and O–H groups in total. The standard InChI is InChI=1S/C12H11BrO/c13-11-8-10(11)12(14)7-6-9-4-2-1-3-5-9/h1-7,10-11H,8H2/b7-6-/t10-,11+/m1/s1. The number of carbonyl (C=O) groups is 1. The molecular weight excluding hydrogens is 240 g/mol. The van der Waals surface area contributed by atoms with E-state index in [1.165, 1.54) is 0 Å². The molecule has 0 amide bonds. The van der Waals surface area contributed by atoms with E-state index in [-0.39, 0.29) is 11.7 Å². The monoisotopic (exact) mass is 250 g/mol. The van der Waals surface area contributed by atoms with Gasteiger partial charge in [0.25, 0.3) is 0 Å². The van der Waals surface area contributed by atoms with Crippen LogP contribution in [0.25, 0.3) is 6.08 Å². The van der Waals surface area contributed by atoms with Crippen molar-refractivity contribution in [1.82, 2.24) is 0 Å². The molecule has 0 aromatic heterocycles. The summed E-state index contributed by atoms with van der Waals surface area (Å²) in [5.74, 6) is 0.450. The van der Waals surface area contributed by atoms with Gasteiger partial charge in [-0.05, 0) is 18.1 Å². The quantitative estimate of drug-likeness (QED) is 0.596. The zero-order chi connectivity index (χ0) is 9.97. The summed E-state index contributed by atoms with van der Waals surface area (Å²) >= 11 is 3.42. The Morgan fingerprint density at radius 1 is 1.36 bits per heavy atom.